The molecule has 3 aliphatic rings. The van der Waals surface area contributed by atoms with Gasteiger partial charge < -0.3 is 15.5 Å². The number of likely N-dealkylation sites (tertiary alicyclic amines) is 1. The van der Waals surface area contributed by atoms with Crippen molar-refractivity contribution in [2.24, 2.45) is 5.92 Å². The van der Waals surface area contributed by atoms with Crippen LogP contribution in [-0.4, -0.2) is 42.4 Å². The Hall–Kier alpha value is -1.88. The van der Waals surface area contributed by atoms with E-state index in [9.17, 15) is 9.59 Å². The lowest BCUT2D eigenvalue weighted by atomic mass is 9.83. The summed E-state index contributed by atoms with van der Waals surface area (Å²) in [6.45, 7) is 2.46. The number of hydrogen-bond acceptors (Lipinski definition) is 3. The third-order valence-electron chi connectivity index (χ3n) is 5.66. The summed E-state index contributed by atoms with van der Waals surface area (Å²) >= 11 is 0. The SMILES string of the molecule is O=C(NC1Cc2ccccc21)[C@H]1CCCN1C(=O)[C@H]1CCCNC1. The molecule has 1 aromatic rings. The first-order chi connectivity index (χ1) is 11.7. The molecule has 2 N–H and O–H groups in total. The average Bonchev–Trinajstić information content (AvgIpc) is 3.09. The maximum atomic E-state index is 12.8. The Bertz CT molecular complexity index is 639. The largest absolute Gasteiger partial charge is 0.347 e. The molecule has 5 heteroatoms. The van der Waals surface area contributed by atoms with Crippen LogP contribution < -0.4 is 10.6 Å². The molecule has 5 nitrogen and oxygen atoms in total. The molecule has 1 aromatic carbocycles. The fourth-order valence-corrected chi connectivity index (χ4v) is 4.26. The normalized spacial score (nSPS) is 28.8. The Morgan fingerprint density at radius 3 is 2.83 bits per heavy atom. The van der Waals surface area contributed by atoms with Crippen LogP contribution in [0.15, 0.2) is 24.3 Å². The molecule has 0 bridgehead atoms. The lowest BCUT2D eigenvalue weighted by molar-refractivity contribution is -0.142. The van der Waals surface area contributed by atoms with Crippen LogP contribution in [0.5, 0.6) is 0 Å². The van der Waals surface area contributed by atoms with Crippen LogP contribution in [0.3, 0.4) is 0 Å². The molecule has 24 heavy (non-hydrogen) atoms. The van der Waals surface area contributed by atoms with Crippen molar-refractivity contribution >= 4 is 11.8 Å². The highest BCUT2D eigenvalue weighted by Gasteiger charge is 2.39. The zero-order valence-electron chi connectivity index (χ0n) is 14.0. The second-order valence-electron chi connectivity index (χ2n) is 7.20. The van der Waals surface area contributed by atoms with E-state index in [0.29, 0.717) is 6.54 Å². The first-order valence-corrected chi connectivity index (χ1v) is 9.13. The molecule has 4 rings (SSSR count). The molecule has 2 heterocycles. The van der Waals surface area contributed by atoms with Crippen molar-refractivity contribution < 1.29 is 9.59 Å². The van der Waals surface area contributed by atoms with E-state index in [1.165, 1.54) is 11.1 Å². The third-order valence-corrected chi connectivity index (χ3v) is 5.66. The molecule has 0 aromatic heterocycles. The number of hydrogen-bond donors (Lipinski definition) is 2. The van der Waals surface area contributed by atoms with Crippen molar-refractivity contribution in [1.82, 2.24) is 15.5 Å². The standard InChI is InChI=1S/C19H25N3O2/c23-18(21-16-11-13-5-1-2-7-15(13)16)17-8-4-10-22(17)19(24)14-6-3-9-20-12-14/h1-2,5,7,14,16-17,20H,3-4,6,8-12H2,(H,21,23)/t14-,16?,17+/m0/s1. The number of fused-ring (bicyclic) bond motifs is 1. The monoisotopic (exact) mass is 327 g/mol. The second-order valence-corrected chi connectivity index (χ2v) is 7.20. The van der Waals surface area contributed by atoms with Crippen LogP contribution in [0.2, 0.25) is 0 Å². The van der Waals surface area contributed by atoms with Gasteiger partial charge in [-0.2, -0.15) is 0 Å². The highest BCUT2D eigenvalue weighted by molar-refractivity contribution is 5.89. The van der Waals surface area contributed by atoms with Gasteiger partial charge in [-0.15, -0.1) is 0 Å². The number of carbonyl (C=O) groups is 2. The minimum absolute atomic E-state index is 0.0177. The smallest absolute Gasteiger partial charge is 0.243 e. The van der Waals surface area contributed by atoms with E-state index >= 15 is 0 Å². The molecule has 1 unspecified atom stereocenters. The molecule has 2 fully saturated rings. The highest BCUT2D eigenvalue weighted by atomic mass is 16.2. The predicted octanol–water partition coefficient (Wildman–Crippen LogP) is 1.39. The Morgan fingerprint density at radius 2 is 2.04 bits per heavy atom. The Labute approximate surface area is 142 Å². The summed E-state index contributed by atoms with van der Waals surface area (Å²) < 4.78 is 0. The molecule has 0 radical (unpaired) electrons. The van der Waals surface area contributed by atoms with Crippen LogP contribution in [0, 0.1) is 5.92 Å². The maximum absolute atomic E-state index is 12.8. The summed E-state index contributed by atoms with van der Waals surface area (Å²) in [4.78, 5) is 27.4. The fraction of sp³-hybridized carbons (Fsp3) is 0.579. The van der Waals surface area contributed by atoms with E-state index in [1.807, 2.05) is 17.0 Å². The lowest BCUT2D eigenvalue weighted by Gasteiger charge is -2.34. The van der Waals surface area contributed by atoms with Gasteiger partial charge in [0, 0.05) is 13.1 Å². The Morgan fingerprint density at radius 1 is 1.17 bits per heavy atom. The molecule has 0 saturated carbocycles. The lowest BCUT2D eigenvalue weighted by Crippen LogP contribution is -2.51. The molecule has 128 valence electrons. The fourth-order valence-electron chi connectivity index (χ4n) is 4.26. The van der Waals surface area contributed by atoms with Crippen molar-refractivity contribution in [3.63, 3.8) is 0 Å². The summed E-state index contributed by atoms with van der Waals surface area (Å²) in [7, 11) is 0. The van der Waals surface area contributed by atoms with Crippen molar-refractivity contribution in [2.75, 3.05) is 19.6 Å². The van der Waals surface area contributed by atoms with Crippen molar-refractivity contribution in [2.45, 2.75) is 44.2 Å². The topological polar surface area (TPSA) is 61.4 Å². The highest BCUT2D eigenvalue weighted by Crippen LogP contribution is 2.33. The van der Waals surface area contributed by atoms with Gasteiger partial charge in [0.15, 0.2) is 0 Å². The molecule has 0 spiro atoms. The van der Waals surface area contributed by atoms with Crippen LogP contribution in [-0.2, 0) is 16.0 Å². The van der Waals surface area contributed by atoms with Gasteiger partial charge >= 0.3 is 0 Å². The summed E-state index contributed by atoms with van der Waals surface area (Å²) in [5.41, 5.74) is 2.54. The van der Waals surface area contributed by atoms with E-state index < -0.39 is 0 Å². The van der Waals surface area contributed by atoms with E-state index in [2.05, 4.69) is 22.8 Å². The summed E-state index contributed by atoms with van der Waals surface area (Å²) in [5, 5.41) is 6.45. The second kappa shape index (κ2) is 6.55. The molecule has 2 amide bonds. The average molecular weight is 327 g/mol. The van der Waals surface area contributed by atoms with Gasteiger partial charge in [-0.05, 0) is 49.8 Å². The molecule has 3 atom stereocenters. The van der Waals surface area contributed by atoms with Crippen molar-refractivity contribution in [3.05, 3.63) is 35.4 Å². The quantitative estimate of drug-likeness (QED) is 0.882. The number of nitrogens with one attached hydrogen (secondary N) is 2. The van der Waals surface area contributed by atoms with Crippen LogP contribution in [0.4, 0.5) is 0 Å². The maximum Gasteiger partial charge on any atom is 0.243 e. The molecular formula is C19H25N3O2. The minimum Gasteiger partial charge on any atom is -0.347 e. The predicted molar refractivity (Wildman–Crippen MR) is 91.4 cm³/mol. The van der Waals surface area contributed by atoms with Gasteiger partial charge in [-0.1, -0.05) is 24.3 Å². The van der Waals surface area contributed by atoms with Gasteiger partial charge in [0.2, 0.25) is 11.8 Å². The zero-order chi connectivity index (χ0) is 16.5. The van der Waals surface area contributed by atoms with Gasteiger partial charge in [0.1, 0.15) is 6.04 Å². The van der Waals surface area contributed by atoms with Crippen LogP contribution in [0.1, 0.15) is 42.9 Å². The Balaban J connectivity index is 1.39. The number of piperidine rings is 1. The van der Waals surface area contributed by atoms with E-state index in [-0.39, 0.29) is 29.8 Å². The molecule has 2 aliphatic heterocycles. The van der Waals surface area contributed by atoms with Gasteiger partial charge in [0.25, 0.3) is 0 Å². The summed E-state index contributed by atoms with van der Waals surface area (Å²) in [6, 6.07) is 8.06. The van der Waals surface area contributed by atoms with Gasteiger partial charge in [0.05, 0.1) is 12.0 Å². The Kier molecular flexibility index (Phi) is 4.27. The van der Waals surface area contributed by atoms with Gasteiger partial charge in [-0.25, -0.2) is 0 Å². The van der Waals surface area contributed by atoms with E-state index in [0.717, 1.165) is 45.2 Å². The summed E-state index contributed by atoms with van der Waals surface area (Å²) in [6.07, 6.45) is 4.58. The summed E-state index contributed by atoms with van der Waals surface area (Å²) in [5.74, 6) is 0.217. The van der Waals surface area contributed by atoms with Crippen molar-refractivity contribution in [1.29, 1.82) is 0 Å². The number of amides is 2. The van der Waals surface area contributed by atoms with Crippen LogP contribution >= 0.6 is 0 Å². The molecule has 2 saturated heterocycles. The van der Waals surface area contributed by atoms with E-state index in [4.69, 9.17) is 0 Å². The molecular weight excluding hydrogens is 302 g/mol. The van der Waals surface area contributed by atoms with E-state index in [1.54, 1.807) is 0 Å². The third kappa shape index (κ3) is 2.81. The first-order valence-electron chi connectivity index (χ1n) is 9.13. The first kappa shape index (κ1) is 15.6. The zero-order valence-corrected chi connectivity index (χ0v) is 14.0. The minimum atomic E-state index is -0.285. The van der Waals surface area contributed by atoms with Crippen molar-refractivity contribution in [3.8, 4) is 0 Å². The van der Waals surface area contributed by atoms with Crippen LogP contribution in [0.25, 0.3) is 0 Å². The number of carbonyl (C=O) groups excluding carboxylic acids is 2. The number of nitrogens with zero attached hydrogens (tertiary/aromatic N) is 1. The number of rotatable bonds is 3. The van der Waals surface area contributed by atoms with Gasteiger partial charge in [-0.3, -0.25) is 9.59 Å². The number of benzene rings is 1. The molecule has 1 aliphatic carbocycles.